The number of nitrogens with two attached hydrogens (primary N) is 1. The maximum Gasteiger partial charge on any atom is 0.295 e. The van der Waals surface area contributed by atoms with Crippen LogP contribution in [0.5, 0.6) is 0 Å². The molecule has 0 unspecified atom stereocenters. The minimum Gasteiger partial charge on any atom is -0.362 e. The highest BCUT2D eigenvalue weighted by Gasteiger charge is 2.13. The summed E-state index contributed by atoms with van der Waals surface area (Å²) in [6.07, 6.45) is 6.01. The van der Waals surface area contributed by atoms with E-state index in [0.717, 1.165) is 17.9 Å². The molecule has 4 nitrogen and oxygen atoms in total. The summed E-state index contributed by atoms with van der Waals surface area (Å²) in [7, 11) is 0. The molecular formula is C12H16N4+2. The van der Waals surface area contributed by atoms with E-state index in [2.05, 4.69) is 33.7 Å². The van der Waals surface area contributed by atoms with Crippen molar-refractivity contribution >= 4 is 5.82 Å². The van der Waals surface area contributed by atoms with Crippen LogP contribution in [0, 0.1) is 13.8 Å². The summed E-state index contributed by atoms with van der Waals surface area (Å²) in [5.41, 5.74) is 8.09. The monoisotopic (exact) mass is 216 g/mol. The predicted molar refractivity (Wildman–Crippen MR) is 60.4 cm³/mol. The summed E-state index contributed by atoms with van der Waals surface area (Å²) in [6, 6.07) is 4.09. The van der Waals surface area contributed by atoms with Crippen LogP contribution in [0.25, 0.3) is 0 Å². The predicted octanol–water partition coefficient (Wildman–Crippen LogP) is 0.431. The molecule has 0 fully saturated rings. The normalized spacial score (nSPS) is 10.4. The average molecular weight is 216 g/mol. The van der Waals surface area contributed by atoms with E-state index in [1.165, 1.54) is 5.56 Å². The number of anilines is 1. The average Bonchev–Trinajstić information content (AvgIpc) is 2.22. The number of pyridine rings is 1. The van der Waals surface area contributed by atoms with Crippen LogP contribution >= 0.6 is 0 Å². The van der Waals surface area contributed by atoms with Crippen molar-refractivity contribution in [1.82, 2.24) is 4.98 Å². The Morgan fingerprint density at radius 3 is 2.94 bits per heavy atom. The third kappa shape index (κ3) is 2.34. The summed E-state index contributed by atoms with van der Waals surface area (Å²) >= 11 is 0. The van der Waals surface area contributed by atoms with Crippen molar-refractivity contribution in [3.05, 3.63) is 47.7 Å². The molecule has 2 aromatic heterocycles. The summed E-state index contributed by atoms with van der Waals surface area (Å²) in [4.78, 5) is 7.27. The molecule has 2 rings (SSSR count). The Balaban J connectivity index is 2.27. The number of nitrogens with one attached hydrogen (secondary N) is 1. The Hall–Kier alpha value is -1.97. The van der Waals surface area contributed by atoms with Gasteiger partial charge in [0.05, 0.1) is 0 Å². The molecule has 0 saturated carbocycles. The third-order valence-electron chi connectivity index (χ3n) is 2.43. The van der Waals surface area contributed by atoms with Crippen LogP contribution < -0.4 is 15.3 Å². The molecule has 16 heavy (non-hydrogen) atoms. The Morgan fingerprint density at radius 2 is 2.25 bits per heavy atom. The highest BCUT2D eigenvalue weighted by molar-refractivity contribution is 5.35. The minimum atomic E-state index is 0.588. The van der Waals surface area contributed by atoms with Crippen molar-refractivity contribution in [3.63, 3.8) is 0 Å². The van der Waals surface area contributed by atoms with Crippen LogP contribution in [0.15, 0.2) is 30.7 Å². The molecule has 0 atom stereocenters. The van der Waals surface area contributed by atoms with E-state index in [-0.39, 0.29) is 0 Å². The van der Waals surface area contributed by atoms with Crippen LogP contribution in [0.2, 0.25) is 0 Å². The van der Waals surface area contributed by atoms with Gasteiger partial charge < -0.3 is 5.73 Å². The van der Waals surface area contributed by atoms with Gasteiger partial charge in [-0.15, -0.1) is 0 Å². The van der Waals surface area contributed by atoms with E-state index in [1.807, 2.05) is 25.4 Å². The Kier molecular flexibility index (Phi) is 2.81. The SMILES string of the molecule is Cc1ccc[n+](Cc2c[nH+]c(C)nc2N)c1. The molecule has 0 aromatic carbocycles. The highest BCUT2D eigenvalue weighted by Crippen LogP contribution is 2.04. The minimum absolute atomic E-state index is 0.588. The number of aryl methyl sites for hydroxylation is 2. The second kappa shape index (κ2) is 4.26. The quantitative estimate of drug-likeness (QED) is 0.740. The van der Waals surface area contributed by atoms with Crippen molar-refractivity contribution in [2.24, 2.45) is 0 Å². The first kappa shape index (κ1) is 10.5. The fraction of sp³-hybridized carbons (Fsp3) is 0.250. The summed E-state index contributed by atoms with van der Waals surface area (Å²) in [5.74, 6) is 1.42. The van der Waals surface area contributed by atoms with Gasteiger partial charge in [0.1, 0.15) is 11.8 Å². The number of hydrogen-bond acceptors (Lipinski definition) is 2. The molecule has 0 aliphatic carbocycles. The third-order valence-corrected chi connectivity index (χ3v) is 2.43. The van der Waals surface area contributed by atoms with E-state index in [9.17, 15) is 0 Å². The van der Waals surface area contributed by atoms with E-state index in [4.69, 9.17) is 5.73 Å². The molecule has 0 aliphatic rings. The summed E-state index contributed by atoms with van der Waals surface area (Å²) in [5, 5.41) is 0. The van der Waals surface area contributed by atoms with Crippen molar-refractivity contribution < 1.29 is 9.55 Å². The lowest BCUT2D eigenvalue weighted by molar-refractivity contribution is -0.689. The smallest absolute Gasteiger partial charge is 0.295 e. The second-order valence-electron chi connectivity index (χ2n) is 3.95. The van der Waals surface area contributed by atoms with Gasteiger partial charge in [-0.3, -0.25) is 0 Å². The fourth-order valence-corrected chi connectivity index (χ4v) is 1.62. The van der Waals surface area contributed by atoms with E-state index in [1.54, 1.807) is 0 Å². The molecule has 2 heterocycles. The summed E-state index contributed by atoms with van der Waals surface area (Å²) < 4.78 is 2.09. The Morgan fingerprint density at radius 1 is 1.44 bits per heavy atom. The summed E-state index contributed by atoms with van der Waals surface area (Å²) in [6.45, 7) is 4.69. The number of aromatic nitrogens is 3. The zero-order valence-electron chi connectivity index (χ0n) is 9.57. The lowest BCUT2D eigenvalue weighted by Gasteiger charge is -1.97. The first-order chi connectivity index (χ1) is 7.65. The maximum atomic E-state index is 5.86. The van der Waals surface area contributed by atoms with Gasteiger partial charge in [-0.05, 0) is 18.0 Å². The Labute approximate surface area is 94.8 Å². The zero-order chi connectivity index (χ0) is 11.5. The van der Waals surface area contributed by atoms with Gasteiger partial charge in [0.2, 0.25) is 0 Å². The second-order valence-corrected chi connectivity index (χ2v) is 3.95. The molecule has 0 aliphatic heterocycles. The first-order valence-electron chi connectivity index (χ1n) is 5.24. The number of hydrogen-bond donors (Lipinski definition) is 1. The molecular weight excluding hydrogens is 200 g/mol. The molecule has 0 amide bonds. The van der Waals surface area contributed by atoms with Crippen LogP contribution in [0.3, 0.4) is 0 Å². The molecule has 3 N–H and O–H groups in total. The topological polar surface area (TPSA) is 56.9 Å². The number of nitrogens with zero attached hydrogens (tertiary/aromatic N) is 2. The lowest BCUT2D eigenvalue weighted by Crippen LogP contribution is -2.35. The highest BCUT2D eigenvalue weighted by atomic mass is 15.0. The van der Waals surface area contributed by atoms with Gasteiger partial charge in [-0.1, -0.05) is 0 Å². The van der Waals surface area contributed by atoms with Crippen molar-refractivity contribution in [2.75, 3.05) is 5.73 Å². The van der Waals surface area contributed by atoms with Crippen LogP contribution in [0.4, 0.5) is 5.82 Å². The Bertz CT molecular complexity index is 508. The van der Waals surface area contributed by atoms with Gasteiger partial charge in [0.25, 0.3) is 11.6 Å². The number of aromatic amines is 1. The van der Waals surface area contributed by atoms with Gasteiger partial charge in [0.15, 0.2) is 18.9 Å². The molecule has 0 spiro atoms. The van der Waals surface area contributed by atoms with Crippen molar-refractivity contribution in [2.45, 2.75) is 20.4 Å². The largest absolute Gasteiger partial charge is 0.362 e. The van der Waals surface area contributed by atoms with E-state index >= 15 is 0 Å². The molecule has 4 heteroatoms. The molecule has 0 radical (unpaired) electrons. The first-order valence-corrected chi connectivity index (χ1v) is 5.24. The van der Waals surface area contributed by atoms with Crippen LogP contribution in [0.1, 0.15) is 17.0 Å². The van der Waals surface area contributed by atoms with Crippen LogP contribution in [-0.4, -0.2) is 4.98 Å². The molecule has 0 bridgehead atoms. The molecule has 0 saturated heterocycles. The van der Waals surface area contributed by atoms with E-state index in [0.29, 0.717) is 5.82 Å². The molecule has 2 aromatic rings. The van der Waals surface area contributed by atoms with E-state index < -0.39 is 0 Å². The standard InChI is InChI=1S/C12H15N4/c1-9-4-3-5-16(7-9)8-11-6-14-10(2)15-12(11)13/h3-7H,8H2,1-2H3,(H2,13,14,15)/q+1/p+1. The zero-order valence-corrected chi connectivity index (χ0v) is 9.57. The van der Waals surface area contributed by atoms with Crippen molar-refractivity contribution in [3.8, 4) is 0 Å². The number of rotatable bonds is 2. The van der Waals surface area contributed by atoms with Crippen molar-refractivity contribution in [1.29, 1.82) is 0 Å². The van der Waals surface area contributed by atoms with Gasteiger partial charge >= 0.3 is 0 Å². The maximum absolute atomic E-state index is 5.86. The molecule has 82 valence electrons. The van der Waals surface area contributed by atoms with Gasteiger partial charge in [-0.2, -0.15) is 0 Å². The van der Waals surface area contributed by atoms with Gasteiger partial charge in [0, 0.05) is 18.6 Å². The van der Waals surface area contributed by atoms with Crippen LogP contribution in [-0.2, 0) is 6.54 Å². The lowest BCUT2D eigenvalue weighted by atomic mass is 10.2. The fourth-order valence-electron chi connectivity index (χ4n) is 1.62. The van der Waals surface area contributed by atoms with Gasteiger partial charge in [-0.25, -0.2) is 9.55 Å². The number of H-pyrrole nitrogens is 1. The number of nitrogen functional groups attached to an aromatic ring is 1.